The Balaban J connectivity index is 1.69. The summed E-state index contributed by atoms with van der Waals surface area (Å²) in [6.45, 7) is 7.56. The van der Waals surface area contributed by atoms with Gasteiger partial charge in [0.1, 0.15) is 0 Å². The molecule has 1 aliphatic rings. The topological polar surface area (TPSA) is 38.3 Å². The Kier molecular flexibility index (Phi) is 5.61. The van der Waals surface area contributed by atoms with E-state index in [2.05, 4.69) is 12.2 Å². The van der Waals surface area contributed by atoms with E-state index in [1.807, 2.05) is 19.9 Å². The lowest BCUT2D eigenvalue weighted by atomic mass is 9.88. The summed E-state index contributed by atoms with van der Waals surface area (Å²) in [6, 6.07) is 1.96. The van der Waals surface area contributed by atoms with Crippen LogP contribution in [-0.4, -0.2) is 25.2 Å². The Morgan fingerprint density at radius 1 is 1.40 bits per heavy atom. The lowest BCUT2D eigenvalue weighted by Gasteiger charge is -2.28. The molecule has 3 nitrogen and oxygen atoms in total. The standard InChI is InChI=1S/C16H25NO2S/c1-11-6-4-5-7-14(11)19-9-8-17-16(18)15-10-12(2)13(3)20-15/h10-11,14H,4-9H2,1-3H3,(H,17,18)/t11-,14-/m0/s1. The Labute approximate surface area is 125 Å². The third-order valence-corrected chi connectivity index (χ3v) is 5.29. The van der Waals surface area contributed by atoms with Crippen molar-refractivity contribution in [3.8, 4) is 0 Å². The van der Waals surface area contributed by atoms with Gasteiger partial charge in [0, 0.05) is 11.4 Å². The summed E-state index contributed by atoms with van der Waals surface area (Å²) in [5, 5.41) is 2.94. The van der Waals surface area contributed by atoms with Gasteiger partial charge in [-0.2, -0.15) is 0 Å². The van der Waals surface area contributed by atoms with E-state index < -0.39 is 0 Å². The number of thiophene rings is 1. The minimum atomic E-state index is 0.0199. The molecule has 4 heteroatoms. The molecule has 1 aliphatic carbocycles. The molecule has 20 heavy (non-hydrogen) atoms. The average molecular weight is 295 g/mol. The van der Waals surface area contributed by atoms with Gasteiger partial charge in [-0.1, -0.05) is 19.8 Å². The van der Waals surface area contributed by atoms with E-state index in [4.69, 9.17) is 4.74 Å². The van der Waals surface area contributed by atoms with Crippen molar-refractivity contribution in [2.45, 2.75) is 52.6 Å². The molecule has 0 saturated heterocycles. The lowest BCUT2D eigenvalue weighted by Crippen LogP contribution is -2.31. The third kappa shape index (κ3) is 4.06. The summed E-state index contributed by atoms with van der Waals surface area (Å²) in [7, 11) is 0. The van der Waals surface area contributed by atoms with E-state index in [0.29, 0.717) is 25.2 Å². The molecule has 2 rings (SSSR count). The molecule has 2 atom stereocenters. The van der Waals surface area contributed by atoms with Crippen LogP contribution < -0.4 is 5.32 Å². The van der Waals surface area contributed by atoms with Gasteiger partial charge in [0.05, 0.1) is 17.6 Å². The van der Waals surface area contributed by atoms with Gasteiger partial charge in [-0.3, -0.25) is 4.79 Å². The van der Waals surface area contributed by atoms with Crippen LogP contribution in [-0.2, 0) is 4.74 Å². The normalized spacial score (nSPS) is 22.8. The molecule has 0 radical (unpaired) electrons. The van der Waals surface area contributed by atoms with Crippen molar-refractivity contribution in [1.29, 1.82) is 0 Å². The summed E-state index contributed by atoms with van der Waals surface area (Å²) in [5.41, 5.74) is 1.19. The molecule has 1 N–H and O–H groups in total. The first kappa shape index (κ1) is 15.5. The van der Waals surface area contributed by atoms with E-state index in [1.54, 1.807) is 11.3 Å². The monoisotopic (exact) mass is 295 g/mol. The highest BCUT2D eigenvalue weighted by Gasteiger charge is 2.21. The SMILES string of the molecule is Cc1cc(C(=O)NCCO[C@H]2CCCC[C@@H]2C)sc1C. The molecule has 0 bridgehead atoms. The van der Waals surface area contributed by atoms with Crippen LogP contribution in [0.3, 0.4) is 0 Å². The molecule has 1 heterocycles. The highest BCUT2D eigenvalue weighted by molar-refractivity contribution is 7.14. The first-order valence-corrected chi connectivity index (χ1v) is 8.36. The molecule has 1 aromatic rings. The molecule has 0 aromatic carbocycles. The molecule has 1 saturated carbocycles. The van der Waals surface area contributed by atoms with Crippen molar-refractivity contribution in [1.82, 2.24) is 5.32 Å². The maximum atomic E-state index is 12.0. The van der Waals surface area contributed by atoms with E-state index in [9.17, 15) is 4.79 Å². The zero-order chi connectivity index (χ0) is 14.5. The van der Waals surface area contributed by atoms with Crippen molar-refractivity contribution in [2.75, 3.05) is 13.2 Å². The summed E-state index contributed by atoms with van der Waals surface area (Å²) in [4.78, 5) is 14.0. The van der Waals surface area contributed by atoms with Crippen molar-refractivity contribution in [3.05, 3.63) is 21.4 Å². The quantitative estimate of drug-likeness (QED) is 0.841. The van der Waals surface area contributed by atoms with Crippen LogP contribution in [0, 0.1) is 19.8 Å². The maximum Gasteiger partial charge on any atom is 0.261 e. The van der Waals surface area contributed by atoms with E-state index in [-0.39, 0.29) is 5.91 Å². The number of rotatable bonds is 5. The largest absolute Gasteiger partial charge is 0.376 e. The summed E-state index contributed by atoms with van der Waals surface area (Å²) >= 11 is 1.56. The van der Waals surface area contributed by atoms with Gasteiger partial charge in [-0.15, -0.1) is 11.3 Å². The molecule has 0 unspecified atom stereocenters. The molecule has 112 valence electrons. The Bertz CT molecular complexity index is 436. The van der Waals surface area contributed by atoms with Crippen molar-refractivity contribution in [2.24, 2.45) is 5.92 Å². The number of carbonyl (C=O) groups excluding carboxylic acids is 1. The molecule has 0 spiro atoms. The number of ether oxygens (including phenoxy) is 1. The van der Waals surface area contributed by atoms with Gasteiger partial charge >= 0.3 is 0 Å². The van der Waals surface area contributed by atoms with Crippen molar-refractivity contribution < 1.29 is 9.53 Å². The molecular weight excluding hydrogens is 270 g/mol. The fourth-order valence-electron chi connectivity index (χ4n) is 2.68. The van der Waals surface area contributed by atoms with E-state index in [1.165, 1.54) is 36.1 Å². The number of hydrogen-bond donors (Lipinski definition) is 1. The van der Waals surface area contributed by atoms with Gasteiger partial charge < -0.3 is 10.1 Å². The number of aryl methyl sites for hydroxylation is 2. The molecule has 1 fully saturated rings. The van der Waals surface area contributed by atoms with Gasteiger partial charge in [-0.05, 0) is 44.2 Å². The summed E-state index contributed by atoms with van der Waals surface area (Å²) < 4.78 is 5.90. The second-order valence-electron chi connectivity index (χ2n) is 5.78. The first-order chi connectivity index (χ1) is 9.58. The second kappa shape index (κ2) is 7.23. The third-order valence-electron chi connectivity index (χ3n) is 4.14. The number of hydrogen-bond acceptors (Lipinski definition) is 3. The predicted octanol–water partition coefficient (Wildman–Crippen LogP) is 3.69. The number of nitrogens with one attached hydrogen (secondary N) is 1. The predicted molar refractivity (Wildman–Crippen MR) is 83.5 cm³/mol. The minimum absolute atomic E-state index is 0.0199. The Morgan fingerprint density at radius 2 is 2.15 bits per heavy atom. The van der Waals surface area contributed by atoms with Crippen LogP contribution in [0.2, 0.25) is 0 Å². The van der Waals surface area contributed by atoms with Gasteiger partial charge in [0.15, 0.2) is 0 Å². The van der Waals surface area contributed by atoms with Crippen molar-refractivity contribution >= 4 is 17.2 Å². The summed E-state index contributed by atoms with van der Waals surface area (Å²) in [5.74, 6) is 0.675. The summed E-state index contributed by atoms with van der Waals surface area (Å²) in [6.07, 6.45) is 5.42. The second-order valence-corrected chi connectivity index (χ2v) is 7.03. The van der Waals surface area contributed by atoms with Crippen molar-refractivity contribution in [3.63, 3.8) is 0 Å². The fourth-order valence-corrected chi connectivity index (χ4v) is 3.63. The highest BCUT2D eigenvalue weighted by Crippen LogP contribution is 2.26. The zero-order valence-electron chi connectivity index (χ0n) is 12.7. The smallest absolute Gasteiger partial charge is 0.261 e. The van der Waals surface area contributed by atoms with Crippen LogP contribution in [0.15, 0.2) is 6.07 Å². The van der Waals surface area contributed by atoms with Crippen LogP contribution in [0.4, 0.5) is 0 Å². The van der Waals surface area contributed by atoms with Crippen LogP contribution in [0.5, 0.6) is 0 Å². The minimum Gasteiger partial charge on any atom is -0.376 e. The van der Waals surface area contributed by atoms with E-state index >= 15 is 0 Å². The van der Waals surface area contributed by atoms with E-state index in [0.717, 1.165) is 4.88 Å². The van der Waals surface area contributed by atoms with Gasteiger partial charge in [0.2, 0.25) is 0 Å². The van der Waals surface area contributed by atoms with Gasteiger partial charge in [-0.25, -0.2) is 0 Å². The highest BCUT2D eigenvalue weighted by atomic mass is 32.1. The molecule has 1 aromatic heterocycles. The molecule has 0 aliphatic heterocycles. The fraction of sp³-hybridized carbons (Fsp3) is 0.688. The van der Waals surface area contributed by atoms with Gasteiger partial charge in [0.25, 0.3) is 5.91 Å². The first-order valence-electron chi connectivity index (χ1n) is 7.54. The van der Waals surface area contributed by atoms with Crippen LogP contribution in [0.25, 0.3) is 0 Å². The maximum absolute atomic E-state index is 12.0. The molecule has 1 amide bonds. The van der Waals surface area contributed by atoms with Crippen LogP contribution in [0.1, 0.15) is 52.7 Å². The average Bonchev–Trinajstić information content (AvgIpc) is 2.76. The zero-order valence-corrected chi connectivity index (χ0v) is 13.5. The molecular formula is C16H25NO2S. The number of carbonyl (C=O) groups is 1. The Hall–Kier alpha value is -0.870. The lowest BCUT2D eigenvalue weighted by molar-refractivity contribution is -0.00292. The van der Waals surface area contributed by atoms with Crippen LogP contribution >= 0.6 is 11.3 Å². The number of amides is 1. The Morgan fingerprint density at radius 3 is 2.80 bits per heavy atom.